The number of carbonyl (C=O) groups is 1. The molecule has 0 aromatic rings. The molecule has 0 aliphatic carbocycles. The number of carbonyl (C=O) groups excluding carboxylic acids is 1. The average Bonchev–Trinajstić information content (AvgIpc) is 2.37. The first kappa shape index (κ1) is 12.0. The second kappa shape index (κ2) is 4.18. The van der Waals surface area contributed by atoms with Gasteiger partial charge in [0.15, 0.2) is 5.11 Å². The van der Waals surface area contributed by atoms with Gasteiger partial charge in [0.25, 0.3) is 5.91 Å². The molecular weight excluding hydrogens is 229 g/mol. The van der Waals surface area contributed by atoms with Crippen LogP contribution in [0.1, 0.15) is 13.3 Å². The maximum absolute atomic E-state index is 11.9. The number of nitrogens with one attached hydrogen (secondary N) is 1. The van der Waals surface area contributed by atoms with Gasteiger partial charge >= 0.3 is 6.18 Å². The molecular formula is C8H9F3N2OS. The molecule has 0 spiro atoms. The van der Waals surface area contributed by atoms with Crippen LogP contribution in [0.4, 0.5) is 13.2 Å². The van der Waals surface area contributed by atoms with Crippen LogP contribution in [0.15, 0.2) is 11.8 Å². The van der Waals surface area contributed by atoms with Crippen LogP contribution in [0.5, 0.6) is 0 Å². The van der Waals surface area contributed by atoms with Crippen molar-refractivity contribution >= 4 is 23.2 Å². The highest BCUT2D eigenvalue weighted by Crippen LogP contribution is 2.21. The van der Waals surface area contributed by atoms with E-state index in [1.165, 1.54) is 4.90 Å². The van der Waals surface area contributed by atoms with Crippen LogP contribution >= 0.6 is 12.2 Å². The van der Waals surface area contributed by atoms with Gasteiger partial charge in [-0.05, 0) is 25.2 Å². The van der Waals surface area contributed by atoms with Gasteiger partial charge < -0.3 is 5.32 Å². The monoisotopic (exact) mass is 238 g/mol. The fraction of sp³-hybridized carbons (Fsp3) is 0.500. The van der Waals surface area contributed by atoms with E-state index in [0.717, 1.165) is 6.08 Å². The highest BCUT2D eigenvalue weighted by Gasteiger charge is 2.31. The largest absolute Gasteiger partial charge is 0.392 e. The molecule has 84 valence electrons. The van der Waals surface area contributed by atoms with Gasteiger partial charge in [-0.2, -0.15) is 13.2 Å². The number of hydrogen-bond donors (Lipinski definition) is 1. The summed E-state index contributed by atoms with van der Waals surface area (Å²) in [6.07, 6.45) is -4.64. The first-order valence-corrected chi connectivity index (χ1v) is 4.65. The number of amides is 1. The Hall–Kier alpha value is -1.11. The predicted octanol–water partition coefficient (Wildman–Crippen LogP) is 1.56. The molecule has 0 atom stereocenters. The van der Waals surface area contributed by atoms with Gasteiger partial charge in [0.1, 0.15) is 5.70 Å². The molecule has 0 saturated carbocycles. The Morgan fingerprint density at radius 1 is 1.53 bits per heavy atom. The van der Waals surface area contributed by atoms with Crippen molar-refractivity contribution < 1.29 is 18.0 Å². The molecule has 1 aliphatic rings. The number of hydrogen-bond acceptors (Lipinski definition) is 2. The fourth-order valence-electron chi connectivity index (χ4n) is 1.12. The van der Waals surface area contributed by atoms with E-state index in [1.807, 2.05) is 0 Å². The minimum Gasteiger partial charge on any atom is -0.328 e. The lowest BCUT2D eigenvalue weighted by atomic mass is 10.3. The van der Waals surface area contributed by atoms with E-state index in [1.54, 1.807) is 6.92 Å². The number of likely N-dealkylation sites (N-methyl/N-ethyl adjacent to an activating group) is 1. The van der Waals surface area contributed by atoms with E-state index in [-0.39, 0.29) is 10.8 Å². The lowest BCUT2D eigenvalue weighted by Gasteiger charge is -2.08. The Balaban J connectivity index is 2.74. The maximum Gasteiger partial charge on any atom is 0.392 e. The molecule has 0 radical (unpaired) electrons. The molecule has 1 N–H and O–H groups in total. The molecule has 7 heteroatoms. The zero-order valence-corrected chi connectivity index (χ0v) is 8.71. The van der Waals surface area contributed by atoms with Gasteiger partial charge in [-0.25, -0.2) is 0 Å². The van der Waals surface area contributed by atoms with Gasteiger partial charge in [-0.1, -0.05) is 0 Å². The van der Waals surface area contributed by atoms with Crippen LogP contribution < -0.4 is 5.32 Å². The van der Waals surface area contributed by atoms with Crippen molar-refractivity contribution in [3.8, 4) is 0 Å². The topological polar surface area (TPSA) is 32.3 Å². The van der Waals surface area contributed by atoms with Crippen LogP contribution in [0.3, 0.4) is 0 Å². The molecule has 0 bridgehead atoms. The highest BCUT2D eigenvalue weighted by molar-refractivity contribution is 7.80. The van der Waals surface area contributed by atoms with Gasteiger partial charge in [-0.3, -0.25) is 9.69 Å². The Morgan fingerprint density at radius 3 is 2.53 bits per heavy atom. The Kier molecular flexibility index (Phi) is 3.33. The van der Waals surface area contributed by atoms with Crippen molar-refractivity contribution in [3.05, 3.63) is 11.8 Å². The van der Waals surface area contributed by atoms with Crippen molar-refractivity contribution in [3.63, 3.8) is 0 Å². The second-order valence-corrected chi connectivity index (χ2v) is 3.30. The molecule has 15 heavy (non-hydrogen) atoms. The molecule has 0 aromatic heterocycles. The number of alkyl halides is 3. The number of allylic oxidation sites excluding steroid dienone is 1. The van der Waals surface area contributed by atoms with E-state index in [2.05, 4.69) is 5.32 Å². The molecule has 0 unspecified atom stereocenters. The average molecular weight is 238 g/mol. The van der Waals surface area contributed by atoms with Crippen LogP contribution in [-0.4, -0.2) is 28.6 Å². The van der Waals surface area contributed by atoms with Crippen molar-refractivity contribution in [1.82, 2.24) is 10.2 Å². The molecule has 1 heterocycles. The molecule has 0 aromatic carbocycles. The van der Waals surface area contributed by atoms with Gasteiger partial charge in [0.05, 0.1) is 6.42 Å². The minimum atomic E-state index is -4.31. The third-order valence-electron chi connectivity index (χ3n) is 1.82. The van der Waals surface area contributed by atoms with E-state index in [9.17, 15) is 18.0 Å². The smallest absolute Gasteiger partial charge is 0.328 e. The SMILES string of the molecule is CCN1C(=O)/C(=C\CC(F)(F)F)NC1=S. The predicted molar refractivity (Wildman–Crippen MR) is 51.9 cm³/mol. The van der Waals surface area contributed by atoms with Crippen LogP contribution in [0.2, 0.25) is 0 Å². The highest BCUT2D eigenvalue weighted by atomic mass is 32.1. The standard InChI is InChI=1S/C8H9F3N2OS/c1-2-13-6(14)5(12-7(13)15)3-4-8(9,10)11/h3H,2,4H2,1H3,(H,12,15)/b5-3+. The van der Waals surface area contributed by atoms with E-state index in [0.29, 0.717) is 6.54 Å². The van der Waals surface area contributed by atoms with E-state index >= 15 is 0 Å². The van der Waals surface area contributed by atoms with Crippen molar-refractivity contribution in [2.45, 2.75) is 19.5 Å². The second-order valence-electron chi connectivity index (χ2n) is 2.92. The molecule has 1 saturated heterocycles. The molecule has 1 amide bonds. The summed E-state index contributed by atoms with van der Waals surface area (Å²) in [5.41, 5.74) is -0.0980. The fourth-order valence-corrected chi connectivity index (χ4v) is 1.44. The summed E-state index contributed by atoms with van der Waals surface area (Å²) in [6.45, 7) is 2.03. The zero-order chi connectivity index (χ0) is 11.6. The van der Waals surface area contributed by atoms with Gasteiger partial charge in [-0.15, -0.1) is 0 Å². The van der Waals surface area contributed by atoms with Gasteiger partial charge in [0.2, 0.25) is 0 Å². The van der Waals surface area contributed by atoms with E-state index in [4.69, 9.17) is 12.2 Å². The lowest BCUT2D eigenvalue weighted by Crippen LogP contribution is -2.30. The first-order valence-electron chi connectivity index (χ1n) is 4.25. The number of rotatable bonds is 2. The Bertz CT molecular complexity index is 324. The van der Waals surface area contributed by atoms with Crippen molar-refractivity contribution in [2.75, 3.05) is 6.54 Å². The number of nitrogens with zero attached hydrogens (tertiary/aromatic N) is 1. The summed E-state index contributed by atoms with van der Waals surface area (Å²) in [4.78, 5) is 12.6. The summed E-state index contributed by atoms with van der Waals surface area (Å²) in [5, 5.41) is 2.60. The maximum atomic E-state index is 11.9. The molecule has 1 fully saturated rings. The van der Waals surface area contributed by atoms with Crippen LogP contribution in [0, 0.1) is 0 Å². The Labute approximate surface area is 89.9 Å². The lowest BCUT2D eigenvalue weighted by molar-refractivity contribution is -0.125. The quantitative estimate of drug-likeness (QED) is 0.585. The molecule has 3 nitrogen and oxygen atoms in total. The summed E-state index contributed by atoms with van der Waals surface area (Å²) in [5.74, 6) is -0.508. The van der Waals surface area contributed by atoms with Crippen LogP contribution in [0.25, 0.3) is 0 Å². The third-order valence-corrected chi connectivity index (χ3v) is 2.14. The summed E-state index contributed by atoms with van der Waals surface area (Å²) in [7, 11) is 0. The van der Waals surface area contributed by atoms with Crippen molar-refractivity contribution in [2.24, 2.45) is 0 Å². The summed E-state index contributed by atoms with van der Waals surface area (Å²) < 4.78 is 35.6. The van der Waals surface area contributed by atoms with Crippen molar-refractivity contribution in [1.29, 1.82) is 0 Å². The van der Waals surface area contributed by atoms with Crippen LogP contribution in [-0.2, 0) is 4.79 Å². The van der Waals surface area contributed by atoms with Gasteiger partial charge in [0, 0.05) is 6.54 Å². The molecule has 1 rings (SSSR count). The van der Waals surface area contributed by atoms with E-state index < -0.39 is 18.5 Å². The first-order chi connectivity index (χ1) is 6.85. The Morgan fingerprint density at radius 2 is 2.13 bits per heavy atom. The number of halogens is 3. The summed E-state index contributed by atoms with van der Waals surface area (Å²) in [6, 6.07) is 0. The number of thiocarbonyl (C=S) groups is 1. The minimum absolute atomic E-state index is 0.0980. The third kappa shape index (κ3) is 2.92. The molecule has 1 aliphatic heterocycles. The normalized spacial score (nSPS) is 20.0. The zero-order valence-electron chi connectivity index (χ0n) is 7.89. The summed E-state index contributed by atoms with van der Waals surface area (Å²) >= 11 is 4.77.